The molecule has 0 bridgehead atoms. The van der Waals surface area contributed by atoms with Crippen LogP contribution < -0.4 is 10.1 Å². The fourth-order valence-electron chi connectivity index (χ4n) is 2.62. The van der Waals surface area contributed by atoms with Gasteiger partial charge in [0.2, 0.25) is 0 Å². The molecule has 20 heavy (non-hydrogen) atoms. The van der Waals surface area contributed by atoms with Crippen molar-refractivity contribution in [2.45, 2.75) is 31.9 Å². The van der Waals surface area contributed by atoms with Crippen LogP contribution in [0.2, 0.25) is 0 Å². The molecule has 2 heterocycles. The molecule has 2 atom stereocenters. The number of thiophene rings is 1. The quantitative estimate of drug-likeness (QED) is 0.829. The van der Waals surface area contributed by atoms with Gasteiger partial charge in [-0.1, -0.05) is 22.9 Å². The number of ether oxygens (including phenoxy) is 1. The molecule has 3 rings (SSSR count). The van der Waals surface area contributed by atoms with Gasteiger partial charge in [0, 0.05) is 28.1 Å². The third-order valence-corrected chi connectivity index (χ3v) is 4.82. The topological polar surface area (TPSA) is 21.3 Å². The summed E-state index contributed by atoms with van der Waals surface area (Å²) in [7, 11) is 0. The Morgan fingerprint density at radius 3 is 3.05 bits per heavy atom. The van der Waals surface area contributed by atoms with E-state index in [0.29, 0.717) is 6.04 Å². The van der Waals surface area contributed by atoms with Crippen molar-refractivity contribution < 1.29 is 4.74 Å². The molecule has 0 amide bonds. The van der Waals surface area contributed by atoms with Crippen molar-refractivity contribution in [2.75, 3.05) is 6.54 Å². The third-order valence-electron chi connectivity index (χ3n) is 3.62. The molecule has 1 aliphatic rings. The van der Waals surface area contributed by atoms with Gasteiger partial charge in [0.05, 0.1) is 0 Å². The second-order valence-electron chi connectivity index (χ2n) is 5.09. The molecule has 1 N–H and O–H groups in total. The zero-order chi connectivity index (χ0) is 13.9. The number of halogens is 1. The first-order valence-electron chi connectivity index (χ1n) is 6.99. The molecule has 0 spiro atoms. The SMILES string of the molecule is CCCNC1CC(c2ccsc2)Oc2ccc(Br)cc21. The van der Waals surface area contributed by atoms with Crippen molar-refractivity contribution in [3.8, 4) is 5.75 Å². The van der Waals surface area contributed by atoms with Gasteiger partial charge >= 0.3 is 0 Å². The van der Waals surface area contributed by atoms with E-state index in [1.807, 2.05) is 6.07 Å². The molecular formula is C16H18BrNOS. The molecule has 2 nitrogen and oxygen atoms in total. The Balaban J connectivity index is 1.90. The minimum Gasteiger partial charge on any atom is -0.485 e. The molecule has 0 radical (unpaired) electrons. The maximum Gasteiger partial charge on any atom is 0.126 e. The van der Waals surface area contributed by atoms with Gasteiger partial charge in [-0.3, -0.25) is 0 Å². The highest BCUT2D eigenvalue weighted by Gasteiger charge is 2.29. The summed E-state index contributed by atoms with van der Waals surface area (Å²) in [6, 6.07) is 8.81. The van der Waals surface area contributed by atoms with Gasteiger partial charge in [0.1, 0.15) is 11.9 Å². The molecule has 0 aliphatic carbocycles. The van der Waals surface area contributed by atoms with Gasteiger partial charge in [-0.2, -0.15) is 11.3 Å². The predicted octanol–water partition coefficient (Wildman–Crippen LogP) is 5.08. The number of fused-ring (bicyclic) bond motifs is 1. The smallest absolute Gasteiger partial charge is 0.126 e. The maximum absolute atomic E-state index is 6.19. The Morgan fingerprint density at radius 1 is 1.40 bits per heavy atom. The first-order valence-corrected chi connectivity index (χ1v) is 8.73. The molecule has 0 fully saturated rings. The molecule has 4 heteroatoms. The first-order chi connectivity index (χ1) is 9.78. The Bertz CT molecular complexity index is 570. The predicted molar refractivity (Wildman–Crippen MR) is 87.5 cm³/mol. The number of nitrogens with one attached hydrogen (secondary N) is 1. The van der Waals surface area contributed by atoms with E-state index in [-0.39, 0.29) is 6.10 Å². The summed E-state index contributed by atoms with van der Waals surface area (Å²) in [5.41, 5.74) is 2.55. The normalized spacial score (nSPS) is 21.3. The lowest BCUT2D eigenvalue weighted by Gasteiger charge is -2.33. The summed E-state index contributed by atoms with van der Waals surface area (Å²) >= 11 is 5.29. The lowest BCUT2D eigenvalue weighted by molar-refractivity contribution is 0.152. The summed E-state index contributed by atoms with van der Waals surface area (Å²) in [5, 5.41) is 7.95. The highest BCUT2D eigenvalue weighted by molar-refractivity contribution is 9.10. The van der Waals surface area contributed by atoms with Gasteiger partial charge < -0.3 is 10.1 Å². The van der Waals surface area contributed by atoms with Crippen molar-refractivity contribution in [1.29, 1.82) is 0 Å². The molecule has 1 aliphatic heterocycles. The number of benzene rings is 1. The van der Waals surface area contributed by atoms with Gasteiger partial charge in [-0.15, -0.1) is 0 Å². The van der Waals surface area contributed by atoms with E-state index in [4.69, 9.17) is 4.74 Å². The molecular weight excluding hydrogens is 334 g/mol. The van der Waals surface area contributed by atoms with Gasteiger partial charge in [-0.25, -0.2) is 0 Å². The Kier molecular flexibility index (Phi) is 4.44. The van der Waals surface area contributed by atoms with Gasteiger partial charge in [-0.05, 0) is 48.0 Å². The number of rotatable bonds is 4. The zero-order valence-corrected chi connectivity index (χ0v) is 13.8. The summed E-state index contributed by atoms with van der Waals surface area (Å²) < 4.78 is 7.30. The van der Waals surface area contributed by atoms with Crippen LogP contribution in [0, 0.1) is 0 Å². The van der Waals surface area contributed by atoms with Crippen molar-refractivity contribution >= 4 is 27.3 Å². The Morgan fingerprint density at radius 2 is 2.30 bits per heavy atom. The summed E-state index contributed by atoms with van der Waals surface area (Å²) in [5.74, 6) is 1.00. The van der Waals surface area contributed by atoms with Crippen molar-refractivity contribution in [2.24, 2.45) is 0 Å². The van der Waals surface area contributed by atoms with Crippen LogP contribution in [0.15, 0.2) is 39.5 Å². The average molecular weight is 352 g/mol. The van der Waals surface area contributed by atoms with Gasteiger partial charge in [0.25, 0.3) is 0 Å². The van der Waals surface area contributed by atoms with Crippen LogP contribution in [-0.2, 0) is 0 Å². The lowest BCUT2D eigenvalue weighted by Crippen LogP contribution is -2.29. The second kappa shape index (κ2) is 6.29. The van der Waals surface area contributed by atoms with E-state index in [1.54, 1.807) is 11.3 Å². The van der Waals surface area contributed by atoms with Crippen molar-refractivity contribution in [1.82, 2.24) is 5.32 Å². The molecule has 1 aromatic carbocycles. The number of hydrogen-bond donors (Lipinski definition) is 1. The minimum atomic E-state index is 0.157. The van der Waals surface area contributed by atoms with Crippen molar-refractivity contribution in [3.05, 3.63) is 50.6 Å². The summed E-state index contributed by atoms with van der Waals surface area (Å²) in [6.45, 7) is 3.23. The van der Waals surface area contributed by atoms with Crippen LogP contribution in [-0.4, -0.2) is 6.54 Å². The minimum absolute atomic E-state index is 0.157. The molecule has 2 unspecified atom stereocenters. The zero-order valence-electron chi connectivity index (χ0n) is 11.4. The molecule has 1 aromatic heterocycles. The van der Waals surface area contributed by atoms with E-state index < -0.39 is 0 Å². The van der Waals surface area contributed by atoms with E-state index in [1.165, 1.54) is 11.1 Å². The fourth-order valence-corrected chi connectivity index (χ4v) is 3.70. The van der Waals surface area contributed by atoms with E-state index in [2.05, 4.69) is 57.1 Å². The van der Waals surface area contributed by atoms with Crippen LogP contribution in [0.3, 0.4) is 0 Å². The Labute approximate surface area is 132 Å². The van der Waals surface area contributed by atoms with E-state index in [9.17, 15) is 0 Å². The largest absolute Gasteiger partial charge is 0.485 e. The lowest BCUT2D eigenvalue weighted by atomic mass is 9.94. The molecule has 106 valence electrons. The molecule has 0 saturated heterocycles. The van der Waals surface area contributed by atoms with Crippen LogP contribution in [0.4, 0.5) is 0 Å². The highest BCUT2D eigenvalue weighted by Crippen LogP contribution is 2.42. The second-order valence-corrected chi connectivity index (χ2v) is 6.78. The highest BCUT2D eigenvalue weighted by atomic mass is 79.9. The number of hydrogen-bond acceptors (Lipinski definition) is 3. The van der Waals surface area contributed by atoms with Gasteiger partial charge in [0.15, 0.2) is 0 Å². The fraction of sp³-hybridized carbons (Fsp3) is 0.375. The van der Waals surface area contributed by atoms with Crippen LogP contribution in [0.25, 0.3) is 0 Å². The maximum atomic E-state index is 6.19. The van der Waals surface area contributed by atoms with Crippen LogP contribution in [0.1, 0.15) is 43.0 Å². The summed E-state index contributed by atoms with van der Waals surface area (Å²) in [6.07, 6.45) is 2.29. The van der Waals surface area contributed by atoms with Crippen LogP contribution >= 0.6 is 27.3 Å². The monoisotopic (exact) mass is 351 g/mol. The molecule has 2 aromatic rings. The molecule has 0 saturated carbocycles. The standard InChI is InChI=1S/C16H18BrNOS/c1-2-6-18-14-9-16(11-5-7-20-10-11)19-15-4-3-12(17)8-13(14)15/h3-5,7-8,10,14,16,18H,2,6,9H2,1H3. The Hall–Kier alpha value is -0.840. The van der Waals surface area contributed by atoms with Crippen LogP contribution in [0.5, 0.6) is 5.75 Å². The summed E-state index contributed by atoms with van der Waals surface area (Å²) in [4.78, 5) is 0. The van der Waals surface area contributed by atoms with E-state index >= 15 is 0 Å². The average Bonchev–Trinajstić information content (AvgIpc) is 2.99. The van der Waals surface area contributed by atoms with E-state index in [0.717, 1.165) is 29.6 Å². The van der Waals surface area contributed by atoms with Crippen molar-refractivity contribution in [3.63, 3.8) is 0 Å². The third kappa shape index (κ3) is 2.92. The first kappa shape index (κ1) is 14.1.